The molecule has 1 aliphatic rings. The van der Waals surface area contributed by atoms with Gasteiger partial charge in [-0.25, -0.2) is 4.39 Å². The van der Waals surface area contributed by atoms with Crippen LogP contribution in [0.25, 0.3) is 0 Å². The molecule has 2 aromatic carbocycles. The van der Waals surface area contributed by atoms with Crippen LogP contribution in [0.2, 0.25) is 0 Å². The number of benzene rings is 2. The highest BCUT2D eigenvalue weighted by Crippen LogP contribution is 2.15. The number of carbonyl (C=O) groups excluding carboxylic acids is 1. The zero-order valence-corrected chi connectivity index (χ0v) is 16.0. The number of amides is 1. The third kappa shape index (κ3) is 6.94. The van der Waals surface area contributed by atoms with Crippen molar-refractivity contribution < 1.29 is 18.7 Å². The van der Waals surface area contributed by atoms with Crippen LogP contribution in [-0.2, 0) is 16.1 Å². The molecule has 150 valence electrons. The molecule has 0 unspecified atom stereocenters. The zero-order chi connectivity index (χ0) is 19.6. The van der Waals surface area contributed by atoms with Crippen molar-refractivity contribution in [2.45, 2.75) is 25.6 Å². The second-order valence-electron chi connectivity index (χ2n) is 6.93. The van der Waals surface area contributed by atoms with Gasteiger partial charge in [-0.3, -0.25) is 9.69 Å². The number of nitrogens with zero attached hydrogens (tertiary/aromatic N) is 1. The number of halogens is 1. The monoisotopic (exact) mass is 386 g/mol. The van der Waals surface area contributed by atoms with Gasteiger partial charge in [-0.1, -0.05) is 36.4 Å². The average molecular weight is 386 g/mol. The van der Waals surface area contributed by atoms with E-state index in [1.807, 2.05) is 18.2 Å². The van der Waals surface area contributed by atoms with Crippen LogP contribution in [0, 0.1) is 5.82 Å². The van der Waals surface area contributed by atoms with Crippen LogP contribution in [-0.4, -0.2) is 49.7 Å². The van der Waals surface area contributed by atoms with Crippen molar-refractivity contribution in [2.75, 3.05) is 32.8 Å². The number of piperidine rings is 1. The highest BCUT2D eigenvalue weighted by Gasteiger charge is 2.21. The second kappa shape index (κ2) is 10.8. The molecule has 1 aliphatic heterocycles. The van der Waals surface area contributed by atoms with Crippen molar-refractivity contribution in [1.29, 1.82) is 0 Å². The van der Waals surface area contributed by atoms with E-state index in [-0.39, 0.29) is 17.8 Å². The number of rotatable bonds is 9. The zero-order valence-electron chi connectivity index (χ0n) is 16.0. The second-order valence-corrected chi connectivity index (χ2v) is 6.93. The molecule has 0 spiro atoms. The first-order valence-electron chi connectivity index (χ1n) is 9.72. The van der Waals surface area contributed by atoms with E-state index in [2.05, 4.69) is 22.3 Å². The molecule has 0 aliphatic carbocycles. The molecule has 1 amide bonds. The van der Waals surface area contributed by atoms with Gasteiger partial charge < -0.3 is 14.8 Å². The summed E-state index contributed by atoms with van der Waals surface area (Å²) in [5, 5.41) is 2.84. The molecule has 2 aromatic rings. The van der Waals surface area contributed by atoms with Crippen molar-refractivity contribution in [1.82, 2.24) is 10.2 Å². The van der Waals surface area contributed by atoms with Crippen molar-refractivity contribution in [3.8, 4) is 5.75 Å². The normalized spacial score (nSPS) is 15.3. The lowest BCUT2D eigenvalue weighted by molar-refractivity contribution is -0.123. The Kier molecular flexibility index (Phi) is 7.82. The summed E-state index contributed by atoms with van der Waals surface area (Å²) in [7, 11) is 0. The molecule has 1 saturated heterocycles. The molecule has 0 saturated carbocycles. The first kappa shape index (κ1) is 20.3. The Morgan fingerprint density at radius 2 is 1.89 bits per heavy atom. The summed E-state index contributed by atoms with van der Waals surface area (Å²) in [5.41, 5.74) is 1.18. The SMILES string of the molecule is O=C(CN1CCC(OCc2ccccc2)CC1)NCCOc1cccc(F)c1. The first-order chi connectivity index (χ1) is 13.7. The summed E-state index contributed by atoms with van der Waals surface area (Å²) in [6, 6.07) is 16.1. The fourth-order valence-electron chi connectivity index (χ4n) is 3.20. The van der Waals surface area contributed by atoms with Gasteiger partial charge >= 0.3 is 0 Å². The summed E-state index contributed by atoms with van der Waals surface area (Å²) in [6.45, 7) is 3.43. The van der Waals surface area contributed by atoms with Gasteiger partial charge in [-0.15, -0.1) is 0 Å². The van der Waals surface area contributed by atoms with E-state index < -0.39 is 0 Å². The molecule has 3 rings (SSSR count). The van der Waals surface area contributed by atoms with Gasteiger partial charge in [0.2, 0.25) is 5.91 Å². The first-order valence-corrected chi connectivity index (χ1v) is 9.72. The van der Waals surface area contributed by atoms with E-state index >= 15 is 0 Å². The lowest BCUT2D eigenvalue weighted by Gasteiger charge is -2.31. The highest BCUT2D eigenvalue weighted by atomic mass is 19.1. The lowest BCUT2D eigenvalue weighted by atomic mass is 10.1. The van der Waals surface area contributed by atoms with E-state index in [9.17, 15) is 9.18 Å². The number of ether oxygens (including phenoxy) is 2. The van der Waals surface area contributed by atoms with E-state index in [0.29, 0.717) is 32.1 Å². The Hall–Kier alpha value is -2.44. The van der Waals surface area contributed by atoms with E-state index in [0.717, 1.165) is 25.9 Å². The molecule has 5 nitrogen and oxygen atoms in total. The van der Waals surface area contributed by atoms with Gasteiger partial charge in [0, 0.05) is 19.2 Å². The van der Waals surface area contributed by atoms with Gasteiger partial charge in [0.15, 0.2) is 0 Å². The molecule has 0 atom stereocenters. The minimum atomic E-state index is -0.335. The smallest absolute Gasteiger partial charge is 0.234 e. The molecule has 0 radical (unpaired) electrons. The van der Waals surface area contributed by atoms with Crippen LogP contribution in [0.4, 0.5) is 4.39 Å². The van der Waals surface area contributed by atoms with E-state index in [4.69, 9.17) is 9.47 Å². The third-order valence-corrected chi connectivity index (χ3v) is 4.72. The molecular weight excluding hydrogens is 359 g/mol. The Balaban J connectivity index is 1.26. The summed E-state index contributed by atoms with van der Waals surface area (Å²) < 4.78 is 24.5. The van der Waals surface area contributed by atoms with Crippen LogP contribution in [0.15, 0.2) is 54.6 Å². The highest BCUT2D eigenvalue weighted by molar-refractivity contribution is 5.78. The maximum absolute atomic E-state index is 13.1. The van der Waals surface area contributed by atoms with Crippen molar-refractivity contribution >= 4 is 5.91 Å². The van der Waals surface area contributed by atoms with Crippen LogP contribution < -0.4 is 10.1 Å². The maximum atomic E-state index is 13.1. The average Bonchev–Trinajstić information content (AvgIpc) is 2.72. The number of hydrogen-bond donors (Lipinski definition) is 1. The molecule has 28 heavy (non-hydrogen) atoms. The van der Waals surface area contributed by atoms with Crippen LogP contribution in [0.5, 0.6) is 5.75 Å². The van der Waals surface area contributed by atoms with Crippen molar-refractivity contribution in [3.05, 3.63) is 66.0 Å². The predicted molar refractivity (Wildman–Crippen MR) is 106 cm³/mol. The van der Waals surface area contributed by atoms with Gasteiger partial charge in [-0.2, -0.15) is 0 Å². The largest absolute Gasteiger partial charge is 0.492 e. The molecule has 1 heterocycles. The van der Waals surface area contributed by atoms with Crippen molar-refractivity contribution in [2.24, 2.45) is 0 Å². The van der Waals surface area contributed by atoms with Crippen LogP contribution >= 0.6 is 0 Å². The Labute approximate surface area is 165 Å². The van der Waals surface area contributed by atoms with Crippen molar-refractivity contribution in [3.63, 3.8) is 0 Å². The predicted octanol–water partition coefficient (Wildman–Crippen LogP) is 3.00. The van der Waals surface area contributed by atoms with Gasteiger partial charge in [0.05, 0.1) is 25.8 Å². The standard InChI is InChI=1S/C22H27FN2O3/c23-19-7-4-8-21(15-19)27-14-11-24-22(26)16-25-12-9-20(10-13-25)28-17-18-5-2-1-3-6-18/h1-8,15,20H,9-14,16-17H2,(H,24,26). The molecular formula is C22H27FN2O3. The number of nitrogens with one attached hydrogen (secondary N) is 1. The van der Waals surface area contributed by atoms with E-state index in [1.54, 1.807) is 12.1 Å². The Morgan fingerprint density at radius 3 is 2.64 bits per heavy atom. The Bertz CT molecular complexity index is 734. The number of likely N-dealkylation sites (tertiary alicyclic amines) is 1. The minimum absolute atomic E-state index is 0.0218. The minimum Gasteiger partial charge on any atom is -0.492 e. The lowest BCUT2D eigenvalue weighted by Crippen LogP contribution is -2.43. The van der Waals surface area contributed by atoms with E-state index in [1.165, 1.54) is 17.7 Å². The topological polar surface area (TPSA) is 50.8 Å². The maximum Gasteiger partial charge on any atom is 0.234 e. The quantitative estimate of drug-likeness (QED) is 0.673. The van der Waals surface area contributed by atoms with Gasteiger partial charge in [-0.05, 0) is 30.5 Å². The van der Waals surface area contributed by atoms with Crippen LogP contribution in [0.3, 0.4) is 0 Å². The fraction of sp³-hybridized carbons (Fsp3) is 0.409. The number of hydrogen-bond acceptors (Lipinski definition) is 4. The fourth-order valence-corrected chi connectivity index (χ4v) is 3.20. The molecule has 0 aromatic heterocycles. The molecule has 1 N–H and O–H groups in total. The summed E-state index contributed by atoms with van der Waals surface area (Å²) in [4.78, 5) is 14.2. The molecule has 1 fully saturated rings. The molecule has 6 heteroatoms. The van der Waals surface area contributed by atoms with Gasteiger partial charge in [0.25, 0.3) is 0 Å². The van der Waals surface area contributed by atoms with Crippen LogP contribution in [0.1, 0.15) is 18.4 Å². The van der Waals surface area contributed by atoms with Gasteiger partial charge in [0.1, 0.15) is 18.2 Å². The Morgan fingerprint density at radius 1 is 1.11 bits per heavy atom. The number of carbonyl (C=O) groups is 1. The third-order valence-electron chi connectivity index (χ3n) is 4.72. The summed E-state index contributed by atoms with van der Waals surface area (Å²) >= 11 is 0. The molecule has 0 bridgehead atoms. The summed E-state index contributed by atoms with van der Waals surface area (Å²) in [5.74, 6) is 0.107. The summed E-state index contributed by atoms with van der Waals surface area (Å²) in [6.07, 6.45) is 2.12.